The zero-order chi connectivity index (χ0) is 7.28. The second-order valence-corrected chi connectivity index (χ2v) is 3.50. The Labute approximate surface area is 68.0 Å². The van der Waals surface area contributed by atoms with Gasteiger partial charge in [0.2, 0.25) is 5.91 Å². The van der Waals surface area contributed by atoms with Crippen molar-refractivity contribution in [1.29, 1.82) is 0 Å². The maximum atomic E-state index is 10.7. The first-order valence-electron chi connectivity index (χ1n) is 2.71. The zero-order valence-electron chi connectivity index (χ0n) is 5.22. The summed E-state index contributed by atoms with van der Waals surface area (Å²) in [4.78, 5) is 10.7. The number of hydrogen-bond donors (Lipinski definition) is 2. The van der Waals surface area contributed by atoms with Crippen LogP contribution in [0.15, 0.2) is 0 Å². The first-order valence-corrected chi connectivity index (χ1v) is 3.95. The lowest BCUT2D eigenvalue weighted by molar-refractivity contribution is -0.120. The molecule has 0 bridgehead atoms. The number of halogens is 1. The molecule has 0 saturated heterocycles. The number of hydrogen-bond acceptors (Lipinski definition) is 2. The summed E-state index contributed by atoms with van der Waals surface area (Å²) in [5, 5.41) is 10.8. The fourth-order valence-electron chi connectivity index (χ4n) is 0.320. The fourth-order valence-corrected chi connectivity index (χ4v) is 0.540. The van der Waals surface area contributed by atoms with Gasteiger partial charge in [0.05, 0.1) is 10.5 Å². The Morgan fingerprint density at radius 1 is 1.89 bits per heavy atom. The predicted octanol–water partition coefficient (Wildman–Crippen LogP) is -0.0816. The van der Waals surface area contributed by atoms with Crippen LogP contribution in [0.25, 0.3) is 0 Å². The van der Waals surface area contributed by atoms with Gasteiger partial charge in [-0.3, -0.25) is 4.79 Å². The minimum Gasteiger partial charge on any atom is -0.395 e. The van der Waals surface area contributed by atoms with Crippen LogP contribution in [0, 0.1) is 0 Å². The third kappa shape index (κ3) is 4.65. The van der Waals surface area contributed by atoms with Crippen LogP contribution in [-0.2, 0) is 4.79 Å². The molecule has 0 aromatic carbocycles. The summed E-state index contributed by atoms with van der Waals surface area (Å²) in [7, 11) is 0. The van der Waals surface area contributed by atoms with E-state index in [1.807, 2.05) is 22.6 Å². The monoisotopic (exact) mass is 243 g/mol. The molecule has 1 atom stereocenters. The Balaban J connectivity index is 3.28. The maximum Gasteiger partial charge on any atom is 0.232 e. The van der Waals surface area contributed by atoms with E-state index in [0.29, 0.717) is 6.54 Å². The Hall–Kier alpha value is 0.160. The van der Waals surface area contributed by atoms with Crippen molar-refractivity contribution in [2.24, 2.45) is 0 Å². The van der Waals surface area contributed by atoms with Crippen LogP contribution in [-0.4, -0.2) is 28.1 Å². The number of carbonyl (C=O) groups is 1. The van der Waals surface area contributed by atoms with Crippen LogP contribution in [0.2, 0.25) is 0 Å². The summed E-state index contributed by atoms with van der Waals surface area (Å²) >= 11 is 2.01. The van der Waals surface area contributed by atoms with Gasteiger partial charge < -0.3 is 10.4 Å². The average Bonchev–Trinajstić information content (AvgIpc) is 1.82. The smallest absolute Gasteiger partial charge is 0.232 e. The average molecular weight is 243 g/mol. The van der Waals surface area contributed by atoms with E-state index in [4.69, 9.17) is 5.11 Å². The highest BCUT2D eigenvalue weighted by molar-refractivity contribution is 14.1. The molecule has 9 heavy (non-hydrogen) atoms. The molecule has 0 spiro atoms. The van der Waals surface area contributed by atoms with Gasteiger partial charge in [0.15, 0.2) is 0 Å². The topological polar surface area (TPSA) is 49.3 Å². The van der Waals surface area contributed by atoms with Gasteiger partial charge in [0.1, 0.15) is 0 Å². The van der Waals surface area contributed by atoms with E-state index in [-0.39, 0.29) is 16.4 Å². The van der Waals surface area contributed by atoms with Crippen LogP contribution < -0.4 is 5.32 Å². The summed E-state index contributed by atoms with van der Waals surface area (Å²) in [6.07, 6.45) is 0. The Bertz CT molecular complexity index is 95.0. The fraction of sp³-hybridized carbons (Fsp3) is 0.800. The van der Waals surface area contributed by atoms with E-state index in [1.54, 1.807) is 6.92 Å². The molecule has 1 amide bonds. The van der Waals surface area contributed by atoms with Crippen molar-refractivity contribution in [2.75, 3.05) is 13.2 Å². The van der Waals surface area contributed by atoms with E-state index in [0.717, 1.165) is 0 Å². The van der Waals surface area contributed by atoms with Crippen LogP contribution >= 0.6 is 22.6 Å². The van der Waals surface area contributed by atoms with Gasteiger partial charge in [-0.25, -0.2) is 0 Å². The van der Waals surface area contributed by atoms with Crippen molar-refractivity contribution < 1.29 is 9.90 Å². The molecular weight excluding hydrogens is 233 g/mol. The molecule has 0 aliphatic heterocycles. The minimum atomic E-state index is -0.0235. The maximum absolute atomic E-state index is 10.7. The lowest BCUT2D eigenvalue weighted by atomic mass is 10.4. The molecule has 0 aliphatic rings. The number of carbonyl (C=O) groups excluding carboxylic acids is 1. The molecule has 54 valence electrons. The van der Waals surface area contributed by atoms with Crippen LogP contribution in [0.5, 0.6) is 0 Å². The van der Waals surface area contributed by atoms with Crippen molar-refractivity contribution in [2.45, 2.75) is 10.8 Å². The third-order valence-corrected chi connectivity index (χ3v) is 1.34. The first kappa shape index (κ1) is 9.16. The van der Waals surface area contributed by atoms with Crippen molar-refractivity contribution in [1.82, 2.24) is 5.32 Å². The van der Waals surface area contributed by atoms with E-state index >= 15 is 0 Å². The van der Waals surface area contributed by atoms with Gasteiger partial charge in [-0.15, -0.1) is 0 Å². The number of amides is 1. The zero-order valence-corrected chi connectivity index (χ0v) is 7.38. The van der Waals surface area contributed by atoms with E-state index in [1.165, 1.54) is 0 Å². The molecule has 0 fully saturated rings. The SMILES string of the molecule is CC(I)C(=O)NCCO. The van der Waals surface area contributed by atoms with Crippen LogP contribution in [0.3, 0.4) is 0 Å². The van der Waals surface area contributed by atoms with E-state index in [9.17, 15) is 4.79 Å². The number of rotatable bonds is 3. The quantitative estimate of drug-likeness (QED) is 0.538. The van der Waals surface area contributed by atoms with Crippen LogP contribution in [0.1, 0.15) is 6.92 Å². The first-order chi connectivity index (χ1) is 4.18. The summed E-state index contributed by atoms with van der Waals surface area (Å²) in [6.45, 7) is 2.16. The minimum absolute atomic E-state index is 0.00903. The van der Waals surface area contributed by atoms with Gasteiger partial charge in [0, 0.05) is 6.54 Å². The summed E-state index contributed by atoms with van der Waals surface area (Å²) in [6, 6.07) is 0. The summed E-state index contributed by atoms with van der Waals surface area (Å²) < 4.78 is -0.0193. The number of aliphatic hydroxyl groups excluding tert-OH is 1. The molecule has 3 nitrogen and oxygen atoms in total. The number of alkyl halides is 1. The van der Waals surface area contributed by atoms with Crippen molar-refractivity contribution in [3.05, 3.63) is 0 Å². The third-order valence-electron chi connectivity index (χ3n) is 0.772. The van der Waals surface area contributed by atoms with Gasteiger partial charge in [-0.05, 0) is 6.92 Å². The Kier molecular flexibility index (Phi) is 5.07. The standard InChI is InChI=1S/C5H10INO2/c1-4(6)5(9)7-2-3-8/h4,8H,2-3H2,1H3,(H,7,9). The lowest BCUT2D eigenvalue weighted by Gasteiger charge is -2.02. The highest BCUT2D eigenvalue weighted by Gasteiger charge is 2.05. The molecule has 0 aromatic rings. The summed E-state index contributed by atoms with van der Waals surface area (Å²) in [5.41, 5.74) is 0. The largest absolute Gasteiger partial charge is 0.395 e. The predicted molar refractivity (Wildman–Crippen MR) is 43.6 cm³/mol. The van der Waals surface area contributed by atoms with Gasteiger partial charge in [0.25, 0.3) is 0 Å². The Morgan fingerprint density at radius 2 is 2.44 bits per heavy atom. The van der Waals surface area contributed by atoms with Crippen LogP contribution in [0.4, 0.5) is 0 Å². The van der Waals surface area contributed by atoms with Crippen molar-refractivity contribution >= 4 is 28.5 Å². The molecule has 0 heterocycles. The molecule has 0 aliphatic carbocycles. The van der Waals surface area contributed by atoms with Crippen molar-refractivity contribution in [3.8, 4) is 0 Å². The highest BCUT2D eigenvalue weighted by Crippen LogP contribution is 1.96. The highest BCUT2D eigenvalue weighted by atomic mass is 127. The van der Waals surface area contributed by atoms with Gasteiger partial charge in [-0.1, -0.05) is 22.6 Å². The van der Waals surface area contributed by atoms with Gasteiger partial charge >= 0.3 is 0 Å². The second kappa shape index (κ2) is 4.99. The normalized spacial score (nSPS) is 12.8. The molecular formula is C5H10INO2. The molecule has 1 unspecified atom stereocenters. The lowest BCUT2D eigenvalue weighted by Crippen LogP contribution is -2.31. The molecule has 0 radical (unpaired) electrons. The second-order valence-electron chi connectivity index (χ2n) is 1.63. The molecule has 0 aromatic heterocycles. The summed E-state index contributed by atoms with van der Waals surface area (Å²) in [5.74, 6) is -0.0235. The Morgan fingerprint density at radius 3 is 2.78 bits per heavy atom. The van der Waals surface area contributed by atoms with E-state index in [2.05, 4.69) is 5.32 Å². The van der Waals surface area contributed by atoms with Crippen molar-refractivity contribution in [3.63, 3.8) is 0 Å². The molecule has 0 saturated carbocycles. The van der Waals surface area contributed by atoms with E-state index < -0.39 is 0 Å². The molecule has 0 rings (SSSR count). The number of aliphatic hydroxyl groups is 1. The number of nitrogens with one attached hydrogen (secondary N) is 1. The molecule has 4 heteroatoms. The molecule has 2 N–H and O–H groups in total. The van der Waals surface area contributed by atoms with Gasteiger partial charge in [-0.2, -0.15) is 0 Å².